The smallest absolute Gasteiger partial charge is 0.133 e. The minimum Gasteiger partial charge on any atom is -0.497 e. The first kappa shape index (κ1) is 13.2. The molecular weight excluding hydrogens is 296 g/mol. The Morgan fingerprint density at radius 1 is 1.50 bits per heavy atom. The van der Waals surface area contributed by atoms with E-state index in [4.69, 9.17) is 20.6 Å². The summed E-state index contributed by atoms with van der Waals surface area (Å²) >= 11 is 3.45. The molecule has 0 aromatic heterocycles. The fraction of sp³-hybridized carbons (Fsp3) is 0.462. The van der Waals surface area contributed by atoms with Crippen LogP contribution in [0, 0.1) is 10.8 Å². The minimum absolute atomic E-state index is 0.0885. The van der Waals surface area contributed by atoms with Crippen LogP contribution in [0.1, 0.15) is 19.3 Å². The summed E-state index contributed by atoms with van der Waals surface area (Å²) in [6.45, 7) is 0.609. The lowest BCUT2D eigenvalue weighted by atomic mass is 10.0. The number of nitrogens with two attached hydrogens (primary N) is 1. The summed E-state index contributed by atoms with van der Waals surface area (Å²) in [6, 6.07) is 5.62. The van der Waals surface area contributed by atoms with Crippen molar-refractivity contribution < 1.29 is 9.47 Å². The first-order valence-electron chi connectivity index (χ1n) is 5.84. The quantitative estimate of drug-likeness (QED) is 0.627. The molecule has 2 rings (SSSR count). The van der Waals surface area contributed by atoms with Crippen LogP contribution in [0.3, 0.4) is 0 Å². The lowest BCUT2D eigenvalue weighted by Gasteiger charge is -2.16. The lowest BCUT2D eigenvalue weighted by Crippen LogP contribution is -2.21. The Bertz CT molecular complexity index is 458. The van der Waals surface area contributed by atoms with E-state index in [0.29, 0.717) is 13.0 Å². The fourth-order valence-electron chi connectivity index (χ4n) is 1.91. The van der Waals surface area contributed by atoms with Gasteiger partial charge in [-0.2, -0.15) is 0 Å². The third-order valence-corrected chi connectivity index (χ3v) is 3.82. The highest BCUT2D eigenvalue weighted by Gasteiger charge is 2.44. The van der Waals surface area contributed by atoms with Crippen LogP contribution in [-0.4, -0.2) is 19.6 Å². The van der Waals surface area contributed by atoms with Crippen LogP contribution in [-0.2, 0) is 0 Å². The molecule has 4 nitrogen and oxygen atoms in total. The van der Waals surface area contributed by atoms with E-state index in [-0.39, 0.29) is 11.3 Å². The van der Waals surface area contributed by atoms with Crippen molar-refractivity contribution >= 4 is 21.8 Å². The van der Waals surface area contributed by atoms with Gasteiger partial charge in [-0.3, -0.25) is 5.41 Å². The molecular formula is C13H17BrN2O2. The Labute approximate surface area is 115 Å². The molecule has 0 heterocycles. The van der Waals surface area contributed by atoms with E-state index < -0.39 is 0 Å². The van der Waals surface area contributed by atoms with Crippen molar-refractivity contribution in [1.82, 2.24) is 0 Å². The van der Waals surface area contributed by atoms with Crippen molar-refractivity contribution in [2.24, 2.45) is 11.1 Å². The molecule has 0 radical (unpaired) electrons. The first-order valence-corrected chi connectivity index (χ1v) is 6.63. The first-order chi connectivity index (χ1) is 8.54. The number of amidine groups is 1. The molecule has 1 fully saturated rings. The van der Waals surface area contributed by atoms with Gasteiger partial charge in [-0.1, -0.05) is 0 Å². The SMILES string of the molecule is COc1ccc(OCC2(CC(=N)N)CC2)c(Br)c1. The molecule has 0 atom stereocenters. The van der Waals surface area contributed by atoms with Crippen molar-refractivity contribution in [3.63, 3.8) is 0 Å². The van der Waals surface area contributed by atoms with Gasteiger partial charge in [-0.25, -0.2) is 0 Å². The monoisotopic (exact) mass is 312 g/mol. The van der Waals surface area contributed by atoms with Crippen molar-refractivity contribution in [3.05, 3.63) is 22.7 Å². The molecule has 0 spiro atoms. The zero-order chi connectivity index (χ0) is 13.2. The van der Waals surface area contributed by atoms with E-state index in [1.54, 1.807) is 7.11 Å². The molecule has 0 aliphatic heterocycles. The van der Waals surface area contributed by atoms with E-state index in [1.807, 2.05) is 18.2 Å². The Morgan fingerprint density at radius 2 is 2.22 bits per heavy atom. The van der Waals surface area contributed by atoms with Crippen molar-refractivity contribution in [2.75, 3.05) is 13.7 Å². The molecule has 3 N–H and O–H groups in total. The van der Waals surface area contributed by atoms with Crippen LogP contribution >= 0.6 is 15.9 Å². The van der Waals surface area contributed by atoms with Gasteiger partial charge >= 0.3 is 0 Å². The van der Waals surface area contributed by atoms with Gasteiger partial charge in [0.25, 0.3) is 0 Å². The molecule has 1 aliphatic rings. The number of rotatable bonds is 6. The van der Waals surface area contributed by atoms with Crippen molar-refractivity contribution in [3.8, 4) is 11.5 Å². The second-order valence-corrected chi connectivity index (χ2v) is 5.64. The third kappa shape index (κ3) is 3.16. The average Bonchev–Trinajstić information content (AvgIpc) is 3.06. The second kappa shape index (κ2) is 5.18. The summed E-state index contributed by atoms with van der Waals surface area (Å²) in [5.41, 5.74) is 5.55. The molecule has 18 heavy (non-hydrogen) atoms. The van der Waals surface area contributed by atoms with Crippen molar-refractivity contribution in [1.29, 1.82) is 5.41 Å². The summed E-state index contributed by atoms with van der Waals surface area (Å²) in [6.07, 6.45) is 2.79. The summed E-state index contributed by atoms with van der Waals surface area (Å²) in [5, 5.41) is 7.36. The molecule has 1 aromatic rings. The van der Waals surface area contributed by atoms with Crippen LogP contribution in [0.5, 0.6) is 11.5 Å². The van der Waals surface area contributed by atoms with Crippen molar-refractivity contribution in [2.45, 2.75) is 19.3 Å². The molecule has 0 amide bonds. The largest absolute Gasteiger partial charge is 0.497 e. The predicted octanol–water partition coefficient (Wildman–Crippen LogP) is 2.94. The Morgan fingerprint density at radius 3 is 2.72 bits per heavy atom. The normalized spacial score (nSPS) is 16.1. The highest BCUT2D eigenvalue weighted by Crippen LogP contribution is 2.49. The molecule has 0 saturated heterocycles. The predicted molar refractivity (Wildman–Crippen MR) is 74.4 cm³/mol. The highest BCUT2D eigenvalue weighted by molar-refractivity contribution is 9.10. The van der Waals surface area contributed by atoms with Crippen LogP contribution in [0.15, 0.2) is 22.7 Å². The summed E-state index contributed by atoms with van der Waals surface area (Å²) < 4.78 is 11.8. The Kier molecular flexibility index (Phi) is 3.80. The standard InChI is InChI=1S/C13H17BrN2O2/c1-17-9-2-3-11(10(14)6-9)18-8-13(4-5-13)7-12(15)16/h2-3,6H,4-5,7-8H2,1H3,(H3,15,16). The molecule has 0 unspecified atom stereocenters. The molecule has 5 heteroatoms. The van der Waals surface area contributed by atoms with E-state index in [9.17, 15) is 0 Å². The summed E-state index contributed by atoms with van der Waals surface area (Å²) in [7, 11) is 1.63. The van der Waals surface area contributed by atoms with Gasteiger partial charge in [0.1, 0.15) is 11.5 Å². The number of hydrogen-bond acceptors (Lipinski definition) is 3. The molecule has 98 valence electrons. The molecule has 1 aliphatic carbocycles. The Hall–Kier alpha value is -1.23. The van der Waals surface area contributed by atoms with Gasteiger partial charge in [0.05, 0.1) is 24.0 Å². The van der Waals surface area contributed by atoms with E-state index in [0.717, 1.165) is 28.8 Å². The topological polar surface area (TPSA) is 68.3 Å². The lowest BCUT2D eigenvalue weighted by molar-refractivity contribution is 0.237. The number of ether oxygens (including phenoxy) is 2. The zero-order valence-corrected chi connectivity index (χ0v) is 11.9. The molecule has 1 aromatic carbocycles. The van der Waals surface area contributed by atoms with Crippen LogP contribution in [0.2, 0.25) is 0 Å². The third-order valence-electron chi connectivity index (χ3n) is 3.20. The number of benzene rings is 1. The fourth-order valence-corrected chi connectivity index (χ4v) is 2.38. The number of nitrogens with one attached hydrogen (secondary N) is 1. The Balaban J connectivity index is 1.96. The van der Waals surface area contributed by atoms with Crippen LogP contribution < -0.4 is 15.2 Å². The van der Waals surface area contributed by atoms with Gasteiger partial charge in [0.15, 0.2) is 0 Å². The zero-order valence-electron chi connectivity index (χ0n) is 10.3. The van der Waals surface area contributed by atoms with Gasteiger partial charge in [-0.15, -0.1) is 0 Å². The maximum Gasteiger partial charge on any atom is 0.133 e. The second-order valence-electron chi connectivity index (χ2n) is 4.79. The van der Waals surface area contributed by atoms with E-state index in [1.165, 1.54) is 0 Å². The van der Waals surface area contributed by atoms with E-state index in [2.05, 4.69) is 15.9 Å². The number of halogens is 1. The number of hydrogen-bond donors (Lipinski definition) is 2. The average molecular weight is 313 g/mol. The van der Waals surface area contributed by atoms with E-state index >= 15 is 0 Å². The van der Waals surface area contributed by atoms with Gasteiger partial charge < -0.3 is 15.2 Å². The van der Waals surface area contributed by atoms with Crippen LogP contribution in [0.4, 0.5) is 0 Å². The highest BCUT2D eigenvalue weighted by atomic mass is 79.9. The minimum atomic E-state index is 0.0885. The maximum atomic E-state index is 7.36. The van der Waals surface area contributed by atoms with Gasteiger partial charge in [0, 0.05) is 11.8 Å². The van der Waals surface area contributed by atoms with Gasteiger partial charge in [-0.05, 0) is 47.0 Å². The number of methoxy groups -OCH3 is 1. The maximum absolute atomic E-state index is 7.36. The summed E-state index contributed by atoms with van der Waals surface area (Å²) in [4.78, 5) is 0. The van der Waals surface area contributed by atoms with Gasteiger partial charge in [0.2, 0.25) is 0 Å². The summed E-state index contributed by atoms with van der Waals surface area (Å²) in [5.74, 6) is 1.83. The molecule has 0 bridgehead atoms. The molecule has 1 saturated carbocycles. The van der Waals surface area contributed by atoms with Crippen LogP contribution in [0.25, 0.3) is 0 Å².